The molecule has 0 aliphatic heterocycles. The van der Waals surface area contributed by atoms with Crippen LogP contribution in [0.1, 0.15) is 10.5 Å². The summed E-state index contributed by atoms with van der Waals surface area (Å²) in [5.74, 6) is -4.62. The van der Waals surface area contributed by atoms with E-state index in [9.17, 15) is 22.8 Å². The van der Waals surface area contributed by atoms with Gasteiger partial charge in [-0.3, -0.25) is 9.59 Å². The van der Waals surface area contributed by atoms with E-state index in [4.69, 9.17) is 0 Å². The Morgan fingerprint density at radius 2 is 1.52 bits per heavy atom. The molecule has 2 aromatic carbocycles. The first-order chi connectivity index (χ1) is 14.0. The number of hydrogen-bond donors (Lipinski definition) is 1. The van der Waals surface area contributed by atoms with Crippen molar-refractivity contribution in [1.82, 2.24) is 4.40 Å². The SMILES string of the molecule is O=C(Nc1c(F)cccc1F)C(=O)c1c(-c2ccc(F)cc2)cc2ccccn12. The Labute approximate surface area is 163 Å². The van der Waals surface area contributed by atoms with Crippen LogP contribution in [0.2, 0.25) is 0 Å². The van der Waals surface area contributed by atoms with Gasteiger partial charge >= 0.3 is 0 Å². The van der Waals surface area contributed by atoms with Crippen LogP contribution in [0.3, 0.4) is 0 Å². The molecule has 0 radical (unpaired) electrons. The minimum Gasteiger partial charge on any atom is -0.314 e. The van der Waals surface area contributed by atoms with Crippen molar-refractivity contribution >= 4 is 22.9 Å². The number of aromatic nitrogens is 1. The number of benzene rings is 2. The number of nitrogens with one attached hydrogen (secondary N) is 1. The van der Waals surface area contributed by atoms with E-state index in [1.807, 2.05) is 5.32 Å². The lowest BCUT2D eigenvalue weighted by molar-refractivity contribution is -0.112. The quantitative estimate of drug-likeness (QED) is 0.398. The topological polar surface area (TPSA) is 50.6 Å². The van der Waals surface area contributed by atoms with E-state index in [1.165, 1.54) is 28.7 Å². The molecule has 1 N–H and O–H groups in total. The van der Waals surface area contributed by atoms with E-state index in [2.05, 4.69) is 0 Å². The van der Waals surface area contributed by atoms with Crippen molar-refractivity contribution < 1.29 is 22.8 Å². The van der Waals surface area contributed by atoms with E-state index in [-0.39, 0.29) is 5.69 Å². The maximum atomic E-state index is 13.8. The van der Waals surface area contributed by atoms with Crippen LogP contribution in [0.4, 0.5) is 18.9 Å². The van der Waals surface area contributed by atoms with Gasteiger partial charge in [-0.05, 0) is 48.0 Å². The number of fused-ring (bicyclic) bond motifs is 1. The van der Waals surface area contributed by atoms with E-state index in [0.29, 0.717) is 16.6 Å². The molecule has 29 heavy (non-hydrogen) atoms. The number of halogens is 3. The molecule has 0 atom stereocenters. The Bertz CT molecular complexity index is 1230. The predicted molar refractivity (Wildman–Crippen MR) is 102 cm³/mol. The van der Waals surface area contributed by atoms with Gasteiger partial charge in [0, 0.05) is 17.3 Å². The third-order valence-electron chi connectivity index (χ3n) is 4.46. The van der Waals surface area contributed by atoms with Crippen LogP contribution < -0.4 is 5.32 Å². The summed E-state index contributed by atoms with van der Waals surface area (Å²) in [6.45, 7) is 0. The number of Topliss-reactive ketones (excluding diaryl/α,β-unsaturated/α-hetero) is 1. The van der Waals surface area contributed by atoms with Gasteiger partial charge in [-0.2, -0.15) is 0 Å². The monoisotopic (exact) mass is 394 g/mol. The second-order valence-electron chi connectivity index (χ2n) is 6.29. The molecule has 0 aliphatic rings. The number of carbonyl (C=O) groups excluding carboxylic acids is 2. The fourth-order valence-corrected chi connectivity index (χ4v) is 3.10. The zero-order chi connectivity index (χ0) is 20.5. The van der Waals surface area contributed by atoms with Crippen LogP contribution in [-0.4, -0.2) is 16.1 Å². The predicted octanol–water partition coefficient (Wildman–Crippen LogP) is 4.85. The number of amides is 1. The molecule has 0 unspecified atom stereocenters. The molecule has 1 amide bonds. The van der Waals surface area contributed by atoms with Crippen molar-refractivity contribution in [3.05, 3.63) is 96.1 Å². The van der Waals surface area contributed by atoms with Crippen molar-refractivity contribution in [1.29, 1.82) is 0 Å². The largest absolute Gasteiger partial charge is 0.314 e. The van der Waals surface area contributed by atoms with E-state index >= 15 is 0 Å². The van der Waals surface area contributed by atoms with E-state index in [1.54, 1.807) is 30.5 Å². The normalized spacial score (nSPS) is 10.9. The second kappa shape index (κ2) is 7.27. The minimum absolute atomic E-state index is 0.00135. The Hall–Kier alpha value is -3.87. The highest BCUT2D eigenvalue weighted by molar-refractivity contribution is 6.47. The zero-order valence-electron chi connectivity index (χ0n) is 14.8. The second-order valence-corrected chi connectivity index (χ2v) is 6.29. The molecule has 0 bridgehead atoms. The van der Waals surface area contributed by atoms with Gasteiger partial charge in [0.1, 0.15) is 28.8 Å². The Kier molecular flexibility index (Phi) is 4.64. The average Bonchev–Trinajstić information content (AvgIpc) is 3.10. The summed E-state index contributed by atoms with van der Waals surface area (Å²) in [5.41, 5.74) is 0.838. The number of pyridine rings is 1. The van der Waals surface area contributed by atoms with Crippen LogP contribution in [-0.2, 0) is 4.79 Å². The van der Waals surface area contributed by atoms with E-state index in [0.717, 1.165) is 18.2 Å². The highest BCUT2D eigenvalue weighted by Crippen LogP contribution is 2.29. The molecule has 0 fully saturated rings. The van der Waals surface area contributed by atoms with Gasteiger partial charge in [0.25, 0.3) is 11.7 Å². The summed E-state index contributed by atoms with van der Waals surface area (Å²) >= 11 is 0. The molecule has 0 aliphatic carbocycles. The maximum absolute atomic E-state index is 13.8. The summed E-state index contributed by atoms with van der Waals surface area (Å²) in [6.07, 6.45) is 1.59. The van der Waals surface area contributed by atoms with Gasteiger partial charge in [0.05, 0.1) is 0 Å². The zero-order valence-corrected chi connectivity index (χ0v) is 14.8. The number of carbonyl (C=O) groups is 2. The number of para-hydroxylation sites is 1. The number of anilines is 1. The Morgan fingerprint density at radius 1 is 0.828 bits per heavy atom. The van der Waals surface area contributed by atoms with Crippen LogP contribution in [0, 0.1) is 17.5 Å². The Balaban J connectivity index is 1.80. The number of hydrogen-bond acceptors (Lipinski definition) is 2. The Morgan fingerprint density at radius 3 is 2.21 bits per heavy atom. The van der Waals surface area contributed by atoms with Gasteiger partial charge in [-0.15, -0.1) is 0 Å². The van der Waals surface area contributed by atoms with Gasteiger partial charge < -0.3 is 9.72 Å². The molecule has 2 heterocycles. The van der Waals surface area contributed by atoms with Gasteiger partial charge in [-0.25, -0.2) is 13.2 Å². The minimum atomic E-state index is -1.19. The average molecular weight is 394 g/mol. The molecule has 4 nitrogen and oxygen atoms in total. The molecule has 144 valence electrons. The fourth-order valence-electron chi connectivity index (χ4n) is 3.10. The van der Waals surface area contributed by atoms with Crippen molar-refractivity contribution in [2.24, 2.45) is 0 Å². The number of ketones is 1. The standard InChI is InChI=1S/C22H13F3N2O2/c23-14-9-7-13(8-10-14)16-12-15-4-1-2-11-27(15)20(16)21(28)22(29)26-19-17(24)5-3-6-18(19)25/h1-12H,(H,26,29). The fraction of sp³-hybridized carbons (Fsp3) is 0. The van der Waals surface area contributed by atoms with Crippen LogP contribution in [0.25, 0.3) is 16.6 Å². The number of nitrogens with zero attached hydrogens (tertiary/aromatic N) is 1. The smallest absolute Gasteiger partial charge is 0.298 e. The molecule has 2 aromatic heterocycles. The van der Waals surface area contributed by atoms with Crippen LogP contribution in [0.15, 0.2) is 72.9 Å². The van der Waals surface area contributed by atoms with Crippen LogP contribution in [0.5, 0.6) is 0 Å². The summed E-state index contributed by atoms with van der Waals surface area (Å²) < 4.78 is 42.5. The van der Waals surface area contributed by atoms with Crippen molar-refractivity contribution in [2.75, 3.05) is 5.32 Å². The van der Waals surface area contributed by atoms with Crippen molar-refractivity contribution in [3.63, 3.8) is 0 Å². The lowest BCUT2D eigenvalue weighted by atomic mass is 10.0. The molecular formula is C22H13F3N2O2. The lowest BCUT2D eigenvalue weighted by Gasteiger charge is -2.09. The van der Waals surface area contributed by atoms with E-state index < -0.39 is 34.8 Å². The first kappa shape index (κ1) is 18.5. The first-order valence-electron chi connectivity index (χ1n) is 8.61. The molecule has 4 aromatic rings. The summed E-state index contributed by atoms with van der Waals surface area (Å²) in [5, 5.41) is 2.01. The van der Waals surface area contributed by atoms with Gasteiger partial charge in [0.2, 0.25) is 0 Å². The number of rotatable bonds is 4. The van der Waals surface area contributed by atoms with Gasteiger partial charge in [-0.1, -0.05) is 24.3 Å². The third kappa shape index (κ3) is 3.38. The molecule has 0 saturated carbocycles. The first-order valence-corrected chi connectivity index (χ1v) is 8.61. The van der Waals surface area contributed by atoms with Crippen molar-refractivity contribution in [3.8, 4) is 11.1 Å². The maximum Gasteiger partial charge on any atom is 0.298 e. The highest BCUT2D eigenvalue weighted by atomic mass is 19.1. The molecule has 4 rings (SSSR count). The summed E-state index contributed by atoms with van der Waals surface area (Å²) in [7, 11) is 0. The summed E-state index contributed by atoms with van der Waals surface area (Å²) in [4.78, 5) is 25.5. The lowest BCUT2D eigenvalue weighted by Crippen LogP contribution is -2.25. The third-order valence-corrected chi connectivity index (χ3v) is 4.46. The van der Waals surface area contributed by atoms with Crippen molar-refractivity contribution in [2.45, 2.75) is 0 Å². The molecule has 7 heteroatoms. The molecule has 0 spiro atoms. The summed E-state index contributed by atoms with van der Waals surface area (Å²) in [6, 6.07) is 15.4. The van der Waals surface area contributed by atoms with Crippen LogP contribution >= 0.6 is 0 Å². The van der Waals surface area contributed by atoms with Gasteiger partial charge in [0.15, 0.2) is 0 Å². The molecular weight excluding hydrogens is 381 g/mol. The molecule has 0 saturated heterocycles. The highest BCUT2D eigenvalue weighted by Gasteiger charge is 2.26.